The molecule has 2 aromatic rings. The molecule has 21 heavy (non-hydrogen) atoms. The van der Waals surface area contributed by atoms with Gasteiger partial charge in [0.2, 0.25) is 0 Å². The van der Waals surface area contributed by atoms with E-state index in [0.717, 1.165) is 17.9 Å². The van der Waals surface area contributed by atoms with Crippen LogP contribution in [-0.2, 0) is 6.54 Å². The number of halogens is 2. The summed E-state index contributed by atoms with van der Waals surface area (Å²) in [6.45, 7) is 7.04. The third kappa shape index (κ3) is 4.63. The molecule has 2 rings (SSSR count). The molecule has 0 radical (unpaired) electrons. The molecule has 0 amide bonds. The van der Waals surface area contributed by atoms with Crippen LogP contribution in [0.2, 0.25) is 10.0 Å². The SMILES string of the molecule is Cc1ccc(Oc2cc(Cl)ccc2Cl)c(CNC(C)C)c1. The molecule has 0 atom stereocenters. The number of rotatable bonds is 5. The van der Waals surface area contributed by atoms with Gasteiger partial charge in [-0.2, -0.15) is 0 Å². The highest BCUT2D eigenvalue weighted by atomic mass is 35.5. The molecule has 0 saturated carbocycles. The third-order valence-corrected chi connectivity index (χ3v) is 3.58. The summed E-state index contributed by atoms with van der Waals surface area (Å²) < 4.78 is 5.95. The fourth-order valence-electron chi connectivity index (χ4n) is 1.93. The van der Waals surface area contributed by atoms with Crippen LogP contribution in [0.15, 0.2) is 36.4 Å². The fraction of sp³-hybridized carbons (Fsp3) is 0.294. The fourth-order valence-corrected chi connectivity index (χ4v) is 2.25. The maximum absolute atomic E-state index is 6.16. The van der Waals surface area contributed by atoms with E-state index in [-0.39, 0.29) is 0 Å². The monoisotopic (exact) mass is 323 g/mol. The Balaban J connectivity index is 2.28. The van der Waals surface area contributed by atoms with Crippen LogP contribution in [0.25, 0.3) is 0 Å². The molecule has 0 aromatic heterocycles. The van der Waals surface area contributed by atoms with Crippen LogP contribution in [0.4, 0.5) is 0 Å². The first kappa shape index (κ1) is 16.2. The van der Waals surface area contributed by atoms with Gasteiger partial charge in [-0.15, -0.1) is 0 Å². The van der Waals surface area contributed by atoms with Crippen LogP contribution in [0, 0.1) is 6.92 Å². The smallest absolute Gasteiger partial charge is 0.147 e. The van der Waals surface area contributed by atoms with Crippen LogP contribution < -0.4 is 10.1 Å². The number of benzene rings is 2. The lowest BCUT2D eigenvalue weighted by atomic mass is 10.1. The largest absolute Gasteiger partial charge is 0.455 e. The van der Waals surface area contributed by atoms with Gasteiger partial charge >= 0.3 is 0 Å². The molecule has 0 spiro atoms. The minimum Gasteiger partial charge on any atom is -0.455 e. The van der Waals surface area contributed by atoms with E-state index in [2.05, 4.69) is 32.2 Å². The number of hydrogen-bond donors (Lipinski definition) is 1. The Morgan fingerprint density at radius 1 is 1.05 bits per heavy atom. The maximum atomic E-state index is 6.16. The topological polar surface area (TPSA) is 21.3 Å². The minimum atomic E-state index is 0.410. The predicted octanol–water partition coefficient (Wildman–Crippen LogP) is 5.59. The van der Waals surface area contributed by atoms with Gasteiger partial charge in [-0.1, -0.05) is 54.7 Å². The van der Waals surface area contributed by atoms with Crippen molar-refractivity contribution >= 4 is 23.2 Å². The summed E-state index contributed by atoms with van der Waals surface area (Å²) in [5.74, 6) is 1.36. The molecule has 0 aliphatic heterocycles. The second-order valence-corrected chi connectivity index (χ2v) is 6.17. The molecule has 0 fully saturated rings. The zero-order valence-corrected chi connectivity index (χ0v) is 13.9. The molecule has 0 aliphatic rings. The van der Waals surface area contributed by atoms with Gasteiger partial charge in [0.25, 0.3) is 0 Å². The van der Waals surface area contributed by atoms with Crippen molar-refractivity contribution in [3.05, 3.63) is 57.6 Å². The van der Waals surface area contributed by atoms with Crippen LogP contribution in [0.5, 0.6) is 11.5 Å². The number of nitrogens with one attached hydrogen (secondary N) is 1. The lowest BCUT2D eigenvalue weighted by Crippen LogP contribution is -2.22. The molecule has 0 saturated heterocycles. The normalized spacial score (nSPS) is 11.0. The second-order valence-electron chi connectivity index (χ2n) is 5.32. The van der Waals surface area contributed by atoms with Gasteiger partial charge in [-0.3, -0.25) is 0 Å². The van der Waals surface area contributed by atoms with E-state index in [4.69, 9.17) is 27.9 Å². The lowest BCUT2D eigenvalue weighted by molar-refractivity contribution is 0.469. The number of aryl methyl sites for hydroxylation is 1. The maximum Gasteiger partial charge on any atom is 0.147 e. The summed E-state index contributed by atoms with van der Waals surface area (Å²) in [7, 11) is 0. The number of hydrogen-bond acceptors (Lipinski definition) is 2. The van der Waals surface area contributed by atoms with Gasteiger partial charge < -0.3 is 10.1 Å². The standard InChI is InChI=1S/C17H19Cl2NO/c1-11(2)20-10-13-8-12(3)4-7-16(13)21-17-9-14(18)5-6-15(17)19/h4-9,11,20H,10H2,1-3H3. The Morgan fingerprint density at radius 3 is 2.52 bits per heavy atom. The molecule has 2 nitrogen and oxygen atoms in total. The Kier molecular flexibility index (Phi) is 5.51. The molecular weight excluding hydrogens is 305 g/mol. The van der Waals surface area contributed by atoms with Crippen LogP contribution in [0.3, 0.4) is 0 Å². The Bertz CT molecular complexity index is 626. The molecule has 0 unspecified atom stereocenters. The van der Waals surface area contributed by atoms with Crippen LogP contribution in [0.1, 0.15) is 25.0 Å². The summed E-state index contributed by atoms with van der Waals surface area (Å²) in [4.78, 5) is 0. The summed E-state index contributed by atoms with van der Waals surface area (Å²) in [6.07, 6.45) is 0. The van der Waals surface area contributed by atoms with Crippen molar-refractivity contribution in [3.8, 4) is 11.5 Å². The van der Waals surface area contributed by atoms with Crippen molar-refractivity contribution < 1.29 is 4.74 Å². The van der Waals surface area contributed by atoms with E-state index in [9.17, 15) is 0 Å². The van der Waals surface area contributed by atoms with Crippen molar-refractivity contribution in [2.24, 2.45) is 0 Å². The van der Waals surface area contributed by atoms with Crippen molar-refractivity contribution in [1.29, 1.82) is 0 Å². The number of ether oxygens (including phenoxy) is 1. The molecule has 0 aliphatic carbocycles. The molecular formula is C17H19Cl2NO. The molecule has 4 heteroatoms. The van der Waals surface area contributed by atoms with E-state index in [1.165, 1.54) is 5.56 Å². The van der Waals surface area contributed by atoms with E-state index < -0.39 is 0 Å². The van der Waals surface area contributed by atoms with Crippen molar-refractivity contribution in [2.45, 2.75) is 33.4 Å². The third-order valence-electron chi connectivity index (χ3n) is 3.03. The van der Waals surface area contributed by atoms with Gasteiger partial charge in [0.1, 0.15) is 11.5 Å². The highest BCUT2D eigenvalue weighted by Gasteiger charge is 2.09. The van der Waals surface area contributed by atoms with E-state index >= 15 is 0 Å². The highest BCUT2D eigenvalue weighted by molar-refractivity contribution is 6.34. The van der Waals surface area contributed by atoms with E-state index in [1.807, 2.05) is 12.1 Å². The highest BCUT2D eigenvalue weighted by Crippen LogP contribution is 2.33. The molecule has 112 valence electrons. The van der Waals surface area contributed by atoms with E-state index in [0.29, 0.717) is 21.8 Å². The average Bonchev–Trinajstić information content (AvgIpc) is 2.43. The molecule has 0 heterocycles. The van der Waals surface area contributed by atoms with Crippen molar-refractivity contribution in [1.82, 2.24) is 5.32 Å². The zero-order chi connectivity index (χ0) is 15.4. The van der Waals surface area contributed by atoms with Gasteiger partial charge in [-0.05, 0) is 25.1 Å². The second kappa shape index (κ2) is 7.17. The summed E-state index contributed by atoms with van der Waals surface area (Å²) in [6, 6.07) is 11.7. The quantitative estimate of drug-likeness (QED) is 0.774. The minimum absolute atomic E-state index is 0.410. The lowest BCUT2D eigenvalue weighted by Gasteiger charge is -2.15. The van der Waals surface area contributed by atoms with Crippen LogP contribution in [-0.4, -0.2) is 6.04 Å². The van der Waals surface area contributed by atoms with Gasteiger partial charge in [-0.25, -0.2) is 0 Å². The Morgan fingerprint density at radius 2 is 1.81 bits per heavy atom. The average molecular weight is 324 g/mol. The first-order chi connectivity index (χ1) is 9.95. The van der Waals surface area contributed by atoms with Crippen molar-refractivity contribution in [2.75, 3.05) is 0 Å². The first-order valence-electron chi connectivity index (χ1n) is 6.91. The van der Waals surface area contributed by atoms with Gasteiger partial charge in [0.15, 0.2) is 0 Å². The van der Waals surface area contributed by atoms with Gasteiger partial charge in [0, 0.05) is 29.2 Å². The predicted molar refractivity (Wildman–Crippen MR) is 89.7 cm³/mol. The van der Waals surface area contributed by atoms with E-state index in [1.54, 1.807) is 18.2 Å². The zero-order valence-electron chi connectivity index (χ0n) is 12.4. The van der Waals surface area contributed by atoms with Crippen molar-refractivity contribution in [3.63, 3.8) is 0 Å². The first-order valence-corrected chi connectivity index (χ1v) is 7.67. The molecule has 0 bridgehead atoms. The Labute approximate surface area is 136 Å². The van der Waals surface area contributed by atoms with Gasteiger partial charge in [0.05, 0.1) is 5.02 Å². The summed E-state index contributed by atoms with van der Waals surface area (Å²) in [5, 5.41) is 4.55. The molecule has 1 N–H and O–H groups in total. The summed E-state index contributed by atoms with van der Waals surface area (Å²) >= 11 is 12.2. The van der Waals surface area contributed by atoms with Crippen LogP contribution >= 0.6 is 23.2 Å². The summed E-state index contributed by atoms with van der Waals surface area (Å²) in [5.41, 5.74) is 2.29. The Hall–Kier alpha value is -1.22. The molecule has 2 aromatic carbocycles.